The van der Waals surface area contributed by atoms with Crippen molar-refractivity contribution in [3.63, 3.8) is 0 Å². The molecule has 3 atom stereocenters. The van der Waals surface area contributed by atoms with Gasteiger partial charge in [-0.15, -0.1) is 0 Å². The minimum absolute atomic E-state index is 0. The molecule has 27 nitrogen and oxygen atoms in total. The summed E-state index contributed by atoms with van der Waals surface area (Å²) in [7, 11) is 4.46. The molecule has 3 aromatic heterocycles. The lowest BCUT2D eigenvalue weighted by Gasteiger charge is -2.31. The number of amides is 2. The Hall–Kier alpha value is -11.6. The second-order valence-corrected chi connectivity index (χ2v) is 33.5. The summed E-state index contributed by atoms with van der Waals surface area (Å²) in [6.07, 6.45) is -0.252. The summed E-state index contributed by atoms with van der Waals surface area (Å²) in [5, 5.41) is 41.3. The van der Waals surface area contributed by atoms with Gasteiger partial charge in [-0.2, -0.15) is 0 Å². The number of aromatic nitrogens is 3. The molecule has 3 unspecified atom stereocenters. The summed E-state index contributed by atoms with van der Waals surface area (Å²) in [5.74, 6) is 0.0688. The highest BCUT2D eigenvalue weighted by atomic mass is 19.1. The van der Waals surface area contributed by atoms with Crippen LogP contribution >= 0.6 is 0 Å². The van der Waals surface area contributed by atoms with Crippen LogP contribution in [-0.4, -0.2) is 144 Å². The molecule has 124 heavy (non-hydrogen) atoms. The van der Waals surface area contributed by atoms with Crippen LogP contribution in [0.2, 0.25) is 0 Å². The van der Waals surface area contributed by atoms with Crippen molar-refractivity contribution in [1.29, 1.82) is 0 Å². The zero-order valence-electron chi connectivity index (χ0n) is 73.3. The molecule has 16 N–H and O–H groups in total. The molecule has 672 valence electrons. The quantitative estimate of drug-likeness (QED) is 0.0170. The fourth-order valence-electron chi connectivity index (χ4n) is 11.8. The van der Waals surface area contributed by atoms with Gasteiger partial charge in [0.15, 0.2) is 46.1 Å². The number of nitrogens with zero attached hydrogens (tertiary/aromatic N) is 3. The first-order valence-electron chi connectivity index (χ1n) is 39.7. The molecule has 2 amide bonds. The van der Waals surface area contributed by atoms with E-state index in [1.54, 1.807) is 128 Å². The fourth-order valence-corrected chi connectivity index (χ4v) is 11.8. The number of hydrogen-bond acceptors (Lipinski definition) is 24. The zero-order chi connectivity index (χ0) is 91.8. The lowest BCUT2D eigenvalue weighted by atomic mass is 9.86. The third-order valence-electron chi connectivity index (χ3n) is 19.1. The molecular formula is C94H123F3N10O17. The number of alkyl carbamates (subject to hydrolysis) is 2. The predicted molar refractivity (Wildman–Crippen MR) is 472 cm³/mol. The number of rotatable bonds is 33. The van der Waals surface area contributed by atoms with Crippen LogP contribution in [0.15, 0.2) is 164 Å². The number of nitrogens with one attached hydrogen (secondary N) is 2. The van der Waals surface area contributed by atoms with Gasteiger partial charge >= 0.3 is 18.2 Å². The van der Waals surface area contributed by atoms with Crippen molar-refractivity contribution in [2.75, 3.05) is 67.5 Å². The fraction of sp³-hybridized carbons (Fsp3) is 0.404. The van der Waals surface area contributed by atoms with Gasteiger partial charge < -0.3 is 97.6 Å². The summed E-state index contributed by atoms with van der Waals surface area (Å²) < 4.78 is 83.1. The van der Waals surface area contributed by atoms with E-state index in [-0.39, 0.29) is 107 Å². The maximum Gasteiger partial charge on any atom is 0.408 e. The van der Waals surface area contributed by atoms with Crippen molar-refractivity contribution in [2.45, 2.75) is 181 Å². The minimum Gasteiger partial charge on any atom is -0.493 e. The van der Waals surface area contributed by atoms with Gasteiger partial charge in [-0.25, -0.2) is 27.6 Å². The number of aliphatic hydroxyl groups excluding tert-OH is 3. The Morgan fingerprint density at radius 1 is 0.387 bits per heavy atom. The summed E-state index contributed by atoms with van der Waals surface area (Å²) in [6, 6.07) is 43.2. The van der Waals surface area contributed by atoms with Crippen molar-refractivity contribution in [2.24, 2.45) is 28.7 Å². The summed E-state index contributed by atoms with van der Waals surface area (Å²) in [6.45, 7) is 27.3. The number of carboxylic acid groups (broad SMARTS) is 1. The number of halogens is 3. The third-order valence-corrected chi connectivity index (χ3v) is 19.1. The number of methoxy groups -OCH3 is 3. The molecule has 0 radical (unpaired) electrons. The van der Waals surface area contributed by atoms with Crippen LogP contribution in [0, 0.1) is 17.5 Å². The molecule has 0 bridgehead atoms. The summed E-state index contributed by atoms with van der Waals surface area (Å²) in [4.78, 5) is 76.2. The smallest absolute Gasteiger partial charge is 0.408 e. The summed E-state index contributed by atoms with van der Waals surface area (Å²) >= 11 is 0. The minimum atomic E-state index is -1.05. The second kappa shape index (κ2) is 44.6. The highest BCUT2D eigenvalue weighted by molar-refractivity contribution is 5.97. The second-order valence-electron chi connectivity index (χ2n) is 33.5. The lowest BCUT2D eigenvalue weighted by molar-refractivity contribution is 0.0457. The number of benzene rings is 6. The Bertz CT molecular complexity index is 5050. The Labute approximate surface area is 724 Å². The summed E-state index contributed by atoms with van der Waals surface area (Å²) in [5.41, 5.74) is 34.5. The van der Waals surface area contributed by atoms with E-state index in [1.165, 1.54) is 75.9 Å². The normalized spacial score (nSPS) is 12.9. The maximum absolute atomic E-state index is 13.7. The molecule has 0 spiro atoms. The number of carboxylic acids is 1. The topological polar surface area (TPSA) is 433 Å². The highest BCUT2D eigenvalue weighted by Crippen LogP contribution is 2.38. The molecule has 0 aliphatic carbocycles. The van der Waals surface area contributed by atoms with Crippen molar-refractivity contribution >= 4 is 29.7 Å². The average molecular weight is 1720 g/mol. The van der Waals surface area contributed by atoms with Crippen LogP contribution in [0.3, 0.4) is 0 Å². The Morgan fingerprint density at radius 3 is 0.944 bits per heavy atom. The Balaban J connectivity index is 0.000000307. The van der Waals surface area contributed by atoms with Crippen molar-refractivity contribution in [3.8, 4) is 68.3 Å². The van der Waals surface area contributed by atoms with E-state index in [0.717, 1.165) is 22.3 Å². The first kappa shape index (κ1) is 103. The molecule has 30 heteroatoms. The van der Waals surface area contributed by atoms with Crippen LogP contribution < -0.4 is 67.7 Å². The number of ether oxygens (including phenoxy) is 8. The lowest BCUT2D eigenvalue weighted by Crippen LogP contribution is -2.45. The number of hydrogen-bond donors (Lipinski definition) is 11. The van der Waals surface area contributed by atoms with E-state index in [2.05, 4.69) is 15.6 Å². The largest absolute Gasteiger partial charge is 0.493 e. The molecule has 0 aliphatic heterocycles. The molecule has 0 saturated carbocycles. The highest BCUT2D eigenvalue weighted by Gasteiger charge is 2.35. The van der Waals surface area contributed by atoms with Crippen LogP contribution in [0.4, 0.5) is 22.8 Å². The van der Waals surface area contributed by atoms with Crippen LogP contribution in [0.25, 0.3) is 33.8 Å². The zero-order valence-corrected chi connectivity index (χ0v) is 73.3. The molecule has 0 saturated heterocycles. The van der Waals surface area contributed by atoms with Gasteiger partial charge in [0.05, 0.1) is 109 Å². The van der Waals surface area contributed by atoms with Crippen LogP contribution in [0.1, 0.15) is 202 Å². The van der Waals surface area contributed by atoms with E-state index in [9.17, 15) is 37.1 Å². The number of carbonyl (C=O) groups is 5. The van der Waals surface area contributed by atoms with E-state index in [1.807, 2.05) is 84.9 Å². The van der Waals surface area contributed by atoms with Crippen molar-refractivity contribution in [1.82, 2.24) is 25.6 Å². The number of aliphatic hydroxyl groups is 3. The predicted octanol–water partition coefficient (Wildman–Crippen LogP) is 15.3. The molecule has 0 aliphatic rings. The van der Waals surface area contributed by atoms with Gasteiger partial charge in [0.25, 0.3) is 0 Å². The van der Waals surface area contributed by atoms with Gasteiger partial charge in [0.1, 0.15) is 48.5 Å². The Morgan fingerprint density at radius 2 is 0.669 bits per heavy atom. The molecule has 3 heterocycles. The van der Waals surface area contributed by atoms with Crippen LogP contribution in [-0.2, 0) is 42.7 Å². The first-order chi connectivity index (χ1) is 57.4. The van der Waals surface area contributed by atoms with Gasteiger partial charge in [0, 0.05) is 52.7 Å². The maximum atomic E-state index is 13.7. The van der Waals surface area contributed by atoms with E-state index in [0.29, 0.717) is 97.3 Å². The van der Waals surface area contributed by atoms with E-state index in [4.69, 9.17) is 97.0 Å². The first-order valence-corrected chi connectivity index (χ1v) is 39.7. The van der Waals surface area contributed by atoms with Crippen LogP contribution in [0.5, 0.6) is 34.5 Å². The van der Waals surface area contributed by atoms with Gasteiger partial charge in [-0.05, 0) is 297 Å². The molecular weight excluding hydrogens is 1600 g/mol. The van der Waals surface area contributed by atoms with Gasteiger partial charge in [-0.3, -0.25) is 24.5 Å². The van der Waals surface area contributed by atoms with Gasteiger partial charge in [0.2, 0.25) is 0 Å². The average Bonchev–Trinajstić information content (AvgIpc) is 0.785. The monoisotopic (exact) mass is 1720 g/mol. The third kappa shape index (κ3) is 31.0. The standard InChI is InChI=1S/C33H42FN3O6.C28H34FN3O4.C22H31FN4O2.C10H12O5.CH4/c1-31(2,3)43-30(40)37-32(4,5)23-19-25(21-8-11-24(34)12-9-21)36-29(20-23)33(6,35)15-14-26(39)22-10-13-27(41-7)28(18-22)42-17-16-38;1-27(2,30)20-16-22(18-5-8-21(29)9-6-18)32-26(17-20)28(3,31)12-11-23(34)19-7-10-24(35-4)25(15-19)36-14-13-33;1-20(2,3)29-19(28)27-21(4,5)15-11-17(14-7-9-16(23)10-8-14)26-18(12-15)22(6,25)13-24;1-14-8-3-2-7(10(12)13)6-9(8)15-5-4-11;/h8-13,18-20,38H,14-17,35H2,1-7H3,(H,37,40);5-10,15-17,33H,11-14,30-31H2,1-4H3;7-12H,13,24-25H2,1-6H3,(H,27,28);2-3,6,11H,4-5H2,1H3,(H,12,13);1H4. The molecule has 0 fully saturated rings. The molecule has 6 aromatic carbocycles. The van der Waals surface area contributed by atoms with Crippen molar-refractivity contribution in [3.05, 3.63) is 232 Å². The Kier molecular flexibility index (Phi) is 37.1. The number of nitrogens with two attached hydrogens (primary N) is 5. The molecule has 9 rings (SSSR count). The number of aromatic carboxylic acids is 1. The SMILES string of the molecule is C.CC(C)(C)OC(=O)NC(C)(C)c1cc(-c2ccc(F)cc2)nc(C(C)(N)CN)c1.COc1ccc(C(=O)CCC(C)(N)c2cc(C(C)(C)N)cc(-c3ccc(F)cc3)n2)cc1OCCO.COc1ccc(C(=O)CCC(C)(N)c2cc(C(C)(C)NC(=O)OC(C)(C)C)cc(-c3ccc(F)cc3)n2)cc1OCCO.COc1ccc(C(=O)O)cc1OCCO. The number of ketones is 2. The number of Topliss-reactive ketones (excluding diaryl/α,β-unsaturated/α-hetero) is 2. The van der Waals surface area contributed by atoms with E-state index >= 15 is 0 Å². The molecule has 9 aromatic rings. The van der Waals surface area contributed by atoms with Gasteiger partial charge in [-0.1, -0.05) is 7.43 Å². The van der Waals surface area contributed by atoms with E-state index < -0.39 is 62.6 Å². The number of pyridine rings is 3. The number of carbonyl (C=O) groups excluding carboxylic acids is 4. The van der Waals surface area contributed by atoms with Crippen molar-refractivity contribution < 1.29 is 95.5 Å².